The molecule has 0 aromatic heterocycles. The summed E-state index contributed by atoms with van der Waals surface area (Å²) in [4.78, 5) is 0.947. The van der Waals surface area contributed by atoms with Crippen LogP contribution < -0.4 is 0 Å². The SMILES string of the molecule is Cc1cc(C)cc(CSc2cc(C)c(F)cc2[C@@H](C)O)c1. The highest BCUT2D eigenvalue weighted by Gasteiger charge is 2.12. The molecular weight excluding hydrogens is 283 g/mol. The Morgan fingerprint density at radius 1 is 1.05 bits per heavy atom. The van der Waals surface area contributed by atoms with Crippen LogP contribution in [0.25, 0.3) is 0 Å². The summed E-state index contributed by atoms with van der Waals surface area (Å²) in [6.45, 7) is 7.60. The summed E-state index contributed by atoms with van der Waals surface area (Å²) in [6.07, 6.45) is -0.665. The number of halogens is 1. The van der Waals surface area contributed by atoms with E-state index in [1.54, 1.807) is 25.6 Å². The Hall–Kier alpha value is -1.32. The van der Waals surface area contributed by atoms with Crippen LogP contribution in [0.15, 0.2) is 35.2 Å². The van der Waals surface area contributed by atoms with Gasteiger partial charge in [0.15, 0.2) is 0 Å². The predicted molar refractivity (Wildman–Crippen MR) is 87.2 cm³/mol. The average molecular weight is 304 g/mol. The van der Waals surface area contributed by atoms with Crippen molar-refractivity contribution in [3.63, 3.8) is 0 Å². The molecular formula is C18H21FOS. The van der Waals surface area contributed by atoms with Gasteiger partial charge >= 0.3 is 0 Å². The van der Waals surface area contributed by atoms with Crippen molar-refractivity contribution in [2.24, 2.45) is 0 Å². The number of hydrogen-bond acceptors (Lipinski definition) is 2. The van der Waals surface area contributed by atoms with Crippen molar-refractivity contribution < 1.29 is 9.50 Å². The molecule has 0 aliphatic rings. The fourth-order valence-electron chi connectivity index (χ4n) is 2.44. The second kappa shape index (κ2) is 6.63. The van der Waals surface area contributed by atoms with Crippen LogP contribution in [0.4, 0.5) is 4.39 Å². The van der Waals surface area contributed by atoms with Gasteiger partial charge in [0.1, 0.15) is 5.82 Å². The first-order chi connectivity index (χ1) is 9.86. The molecule has 0 amide bonds. The van der Waals surface area contributed by atoms with Crippen LogP contribution in [0.1, 0.15) is 40.8 Å². The van der Waals surface area contributed by atoms with Gasteiger partial charge in [-0.15, -0.1) is 11.8 Å². The minimum atomic E-state index is -0.665. The zero-order chi connectivity index (χ0) is 15.6. The van der Waals surface area contributed by atoms with Crippen LogP contribution in [-0.4, -0.2) is 5.11 Å². The number of rotatable bonds is 4. The third-order valence-corrected chi connectivity index (χ3v) is 4.56. The van der Waals surface area contributed by atoms with Crippen molar-refractivity contribution in [3.8, 4) is 0 Å². The van der Waals surface area contributed by atoms with Gasteiger partial charge in [-0.1, -0.05) is 29.3 Å². The summed E-state index contributed by atoms with van der Waals surface area (Å²) in [5.74, 6) is 0.550. The van der Waals surface area contributed by atoms with Crippen molar-refractivity contribution in [3.05, 3.63) is 64.0 Å². The minimum Gasteiger partial charge on any atom is -0.389 e. The Labute approximate surface area is 130 Å². The lowest BCUT2D eigenvalue weighted by molar-refractivity contribution is 0.196. The second-order valence-corrected chi connectivity index (χ2v) is 6.62. The lowest BCUT2D eigenvalue weighted by Gasteiger charge is -2.14. The molecule has 2 rings (SSSR count). The zero-order valence-electron chi connectivity index (χ0n) is 12.9. The molecule has 0 heterocycles. The van der Waals surface area contributed by atoms with Crippen molar-refractivity contribution in [2.45, 2.75) is 44.4 Å². The summed E-state index contributed by atoms with van der Waals surface area (Å²) < 4.78 is 13.7. The normalized spacial score (nSPS) is 12.5. The number of thioether (sulfide) groups is 1. The van der Waals surface area contributed by atoms with E-state index in [9.17, 15) is 9.50 Å². The van der Waals surface area contributed by atoms with Crippen LogP contribution in [0.5, 0.6) is 0 Å². The quantitative estimate of drug-likeness (QED) is 0.793. The number of benzene rings is 2. The Kier molecular flexibility index (Phi) is 5.07. The van der Waals surface area contributed by atoms with Crippen molar-refractivity contribution >= 4 is 11.8 Å². The number of aliphatic hydroxyl groups is 1. The lowest BCUT2D eigenvalue weighted by Crippen LogP contribution is -1.98. The largest absolute Gasteiger partial charge is 0.389 e. The van der Waals surface area contributed by atoms with Gasteiger partial charge in [-0.25, -0.2) is 4.39 Å². The molecule has 0 fully saturated rings. The van der Waals surface area contributed by atoms with Crippen LogP contribution in [0.2, 0.25) is 0 Å². The maximum Gasteiger partial charge on any atom is 0.126 e. The number of aliphatic hydroxyl groups excluding tert-OH is 1. The highest BCUT2D eigenvalue weighted by atomic mass is 32.2. The first-order valence-corrected chi connectivity index (χ1v) is 8.03. The van der Waals surface area contributed by atoms with E-state index < -0.39 is 6.10 Å². The van der Waals surface area contributed by atoms with Crippen molar-refractivity contribution in [2.75, 3.05) is 0 Å². The molecule has 0 saturated carbocycles. The Bertz CT molecular complexity index is 630. The molecule has 0 aliphatic heterocycles. The maximum absolute atomic E-state index is 13.7. The highest BCUT2D eigenvalue weighted by Crippen LogP contribution is 2.32. The summed E-state index contributed by atoms with van der Waals surface area (Å²) in [7, 11) is 0. The Morgan fingerprint density at radius 3 is 2.24 bits per heavy atom. The van der Waals surface area contributed by atoms with Crippen molar-refractivity contribution in [1.82, 2.24) is 0 Å². The average Bonchev–Trinajstić information content (AvgIpc) is 2.38. The topological polar surface area (TPSA) is 20.2 Å². The third kappa shape index (κ3) is 4.08. The summed E-state index contributed by atoms with van der Waals surface area (Å²) in [5, 5.41) is 9.83. The van der Waals surface area contributed by atoms with E-state index in [1.807, 2.05) is 6.07 Å². The van der Waals surface area contributed by atoms with Gasteiger partial charge in [0, 0.05) is 10.6 Å². The first-order valence-electron chi connectivity index (χ1n) is 7.05. The molecule has 0 saturated heterocycles. The Balaban J connectivity index is 2.25. The molecule has 112 valence electrons. The van der Waals surface area contributed by atoms with Crippen LogP contribution in [-0.2, 0) is 5.75 Å². The molecule has 2 aromatic carbocycles. The van der Waals surface area contributed by atoms with Gasteiger partial charge in [0.2, 0.25) is 0 Å². The van der Waals surface area contributed by atoms with E-state index in [4.69, 9.17) is 0 Å². The van der Waals surface area contributed by atoms with Gasteiger partial charge in [0.25, 0.3) is 0 Å². The van der Waals surface area contributed by atoms with Gasteiger partial charge in [0.05, 0.1) is 6.10 Å². The first kappa shape index (κ1) is 16.1. The fraction of sp³-hybridized carbons (Fsp3) is 0.333. The molecule has 0 radical (unpaired) electrons. The summed E-state index contributed by atoms with van der Waals surface area (Å²) in [5.41, 5.74) is 5.01. The molecule has 1 nitrogen and oxygen atoms in total. The van der Waals surface area contributed by atoms with E-state index >= 15 is 0 Å². The van der Waals surface area contributed by atoms with Gasteiger partial charge in [-0.3, -0.25) is 0 Å². The standard InChI is InChI=1S/C18H21FOS/c1-11-5-12(2)7-15(6-11)10-21-18-8-13(3)17(19)9-16(18)14(4)20/h5-9,14,20H,10H2,1-4H3/t14-/m1/s1. The maximum atomic E-state index is 13.7. The van der Waals surface area contributed by atoms with E-state index in [1.165, 1.54) is 22.8 Å². The van der Waals surface area contributed by atoms with Gasteiger partial charge in [-0.05, 0) is 56.5 Å². The van der Waals surface area contributed by atoms with Gasteiger partial charge < -0.3 is 5.11 Å². The monoisotopic (exact) mass is 304 g/mol. The molecule has 2 aromatic rings. The smallest absolute Gasteiger partial charge is 0.126 e. The minimum absolute atomic E-state index is 0.262. The molecule has 21 heavy (non-hydrogen) atoms. The predicted octanol–water partition coefficient (Wildman–Crippen LogP) is 5.10. The Morgan fingerprint density at radius 2 is 1.67 bits per heavy atom. The third-order valence-electron chi connectivity index (χ3n) is 3.42. The molecule has 1 atom stereocenters. The highest BCUT2D eigenvalue weighted by molar-refractivity contribution is 7.98. The number of aryl methyl sites for hydroxylation is 3. The van der Waals surface area contributed by atoms with Crippen molar-refractivity contribution in [1.29, 1.82) is 0 Å². The molecule has 0 spiro atoms. The molecule has 1 N–H and O–H groups in total. The van der Waals surface area contributed by atoms with E-state index in [-0.39, 0.29) is 5.82 Å². The molecule has 3 heteroatoms. The second-order valence-electron chi connectivity index (χ2n) is 5.60. The van der Waals surface area contributed by atoms with E-state index in [0.717, 1.165) is 10.6 Å². The van der Waals surface area contributed by atoms with Crippen LogP contribution in [0, 0.1) is 26.6 Å². The number of hydrogen-bond donors (Lipinski definition) is 1. The van der Waals surface area contributed by atoms with Gasteiger partial charge in [-0.2, -0.15) is 0 Å². The van der Waals surface area contributed by atoms with E-state index in [0.29, 0.717) is 11.1 Å². The van der Waals surface area contributed by atoms with E-state index in [2.05, 4.69) is 32.0 Å². The lowest BCUT2D eigenvalue weighted by atomic mass is 10.1. The van der Waals surface area contributed by atoms with Crippen LogP contribution >= 0.6 is 11.8 Å². The fourth-order valence-corrected chi connectivity index (χ4v) is 3.58. The molecule has 0 unspecified atom stereocenters. The summed E-state index contributed by atoms with van der Waals surface area (Å²) in [6, 6.07) is 9.75. The summed E-state index contributed by atoms with van der Waals surface area (Å²) >= 11 is 1.64. The molecule has 0 bridgehead atoms. The van der Waals surface area contributed by atoms with Crippen LogP contribution in [0.3, 0.4) is 0 Å². The zero-order valence-corrected chi connectivity index (χ0v) is 13.7. The molecule has 0 aliphatic carbocycles.